The molecule has 0 spiro atoms. The number of ether oxygens (including phenoxy) is 1. The fraction of sp³-hybridized carbons (Fsp3) is 0.200. The van der Waals surface area contributed by atoms with Gasteiger partial charge in [0.15, 0.2) is 0 Å². The molecule has 0 saturated heterocycles. The van der Waals surface area contributed by atoms with Gasteiger partial charge in [0.1, 0.15) is 11.8 Å². The smallest absolute Gasteiger partial charge is 0.121 e. The second-order valence-electron chi connectivity index (χ2n) is 2.70. The molecule has 1 aromatic carbocycles. The first kappa shape index (κ1) is 9.88. The number of rotatable bonds is 2. The normalized spacial score (nSPS) is 8.79. The molecule has 0 saturated carbocycles. The van der Waals surface area contributed by atoms with E-state index in [4.69, 9.17) is 21.0 Å². The Hall–Kier alpha value is -2.20. The summed E-state index contributed by atoms with van der Waals surface area (Å²) in [5.41, 5.74) is 6.93. The molecule has 70 valence electrons. The van der Waals surface area contributed by atoms with Crippen molar-refractivity contribution in [2.45, 2.75) is 6.42 Å². The molecule has 0 radical (unpaired) electrons. The van der Waals surface area contributed by atoms with Crippen molar-refractivity contribution in [3.8, 4) is 17.9 Å². The Balaban J connectivity index is 3.31. The van der Waals surface area contributed by atoms with Crippen molar-refractivity contribution in [3.05, 3.63) is 23.3 Å². The zero-order valence-corrected chi connectivity index (χ0v) is 7.74. The number of methoxy groups -OCH3 is 1. The van der Waals surface area contributed by atoms with Crippen LogP contribution < -0.4 is 10.5 Å². The summed E-state index contributed by atoms with van der Waals surface area (Å²) in [4.78, 5) is 0. The van der Waals surface area contributed by atoms with Gasteiger partial charge in [-0.15, -0.1) is 0 Å². The van der Waals surface area contributed by atoms with E-state index < -0.39 is 0 Å². The highest BCUT2D eigenvalue weighted by molar-refractivity contribution is 5.61. The molecule has 4 heteroatoms. The molecular formula is C10H9N3O. The summed E-state index contributed by atoms with van der Waals surface area (Å²) in [6, 6.07) is 7.16. The molecule has 0 unspecified atom stereocenters. The van der Waals surface area contributed by atoms with Crippen molar-refractivity contribution in [1.82, 2.24) is 0 Å². The molecule has 0 aliphatic carbocycles. The minimum atomic E-state index is 0.157. The monoisotopic (exact) mass is 187 g/mol. The molecule has 14 heavy (non-hydrogen) atoms. The summed E-state index contributed by atoms with van der Waals surface area (Å²) in [6.07, 6.45) is 0.157. The molecule has 0 aliphatic heterocycles. The van der Waals surface area contributed by atoms with E-state index in [2.05, 4.69) is 0 Å². The second kappa shape index (κ2) is 4.15. The maximum Gasteiger partial charge on any atom is 0.121 e. The van der Waals surface area contributed by atoms with Gasteiger partial charge in [-0.25, -0.2) is 0 Å². The van der Waals surface area contributed by atoms with Gasteiger partial charge in [-0.1, -0.05) is 0 Å². The van der Waals surface area contributed by atoms with Crippen LogP contribution in [0.1, 0.15) is 11.1 Å². The van der Waals surface area contributed by atoms with Gasteiger partial charge in [0.25, 0.3) is 0 Å². The van der Waals surface area contributed by atoms with Crippen molar-refractivity contribution in [3.63, 3.8) is 0 Å². The van der Waals surface area contributed by atoms with Crippen molar-refractivity contribution in [1.29, 1.82) is 10.5 Å². The van der Waals surface area contributed by atoms with Crippen LogP contribution >= 0.6 is 0 Å². The maximum absolute atomic E-state index is 8.81. The van der Waals surface area contributed by atoms with E-state index in [0.717, 1.165) is 0 Å². The highest BCUT2D eigenvalue weighted by Gasteiger charge is 2.08. The van der Waals surface area contributed by atoms with Gasteiger partial charge in [0.05, 0.1) is 30.9 Å². The summed E-state index contributed by atoms with van der Waals surface area (Å²) in [6.45, 7) is 0. The number of hydrogen-bond acceptors (Lipinski definition) is 4. The van der Waals surface area contributed by atoms with Gasteiger partial charge in [-0.05, 0) is 11.6 Å². The Morgan fingerprint density at radius 3 is 2.64 bits per heavy atom. The number of benzene rings is 1. The summed E-state index contributed by atoms with van der Waals surface area (Å²) in [5.74, 6) is 0.562. The minimum absolute atomic E-state index is 0.157. The number of anilines is 1. The van der Waals surface area contributed by atoms with Crippen LogP contribution in [-0.4, -0.2) is 7.11 Å². The van der Waals surface area contributed by atoms with Crippen LogP contribution in [0.4, 0.5) is 5.69 Å². The van der Waals surface area contributed by atoms with Crippen LogP contribution in [0.15, 0.2) is 12.1 Å². The summed E-state index contributed by atoms with van der Waals surface area (Å²) >= 11 is 0. The lowest BCUT2D eigenvalue weighted by Gasteiger charge is -2.06. The zero-order valence-electron chi connectivity index (χ0n) is 7.74. The third-order valence-corrected chi connectivity index (χ3v) is 1.84. The lowest BCUT2D eigenvalue weighted by atomic mass is 10.0. The number of hydrogen-bond donors (Lipinski definition) is 1. The molecule has 2 N–H and O–H groups in total. The zero-order chi connectivity index (χ0) is 10.6. The molecule has 0 aromatic heterocycles. The Labute approximate surface area is 82.1 Å². The SMILES string of the molecule is COc1cc(N)c(C#N)c(CC#N)c1. The highest BCUT2D eigenvalue weighted by atomic mass is 16.5. The van der Waals surface area contributed by atoms with E-state index in [1.54, 1.807) is 12.1 Å². The number of nitriles is 2. The first-order valence-electron chi connectivity index (χ1n) is 3.96. The molecule has 0 amide bonds. The average Bonchev–Trinajstić information content (AvgIpc) is 2.18. The van der Waals surface area contributed by atoms with Gasteiger partial charge < -0.3 is 10.5 Å². The first-order valence-corrected chi connectivity index (χ1v) is 3.96. The molecule has 0 fully saturated rings. The lowest BCUT2D eigenvalue weighted by Crippen LogP contribution is -1.98. The van der Waals surface area contributed by atoms with E-state index in [1.165, 1.54) is 7.11 Å². The standard InChI is InChI=1S/C10H9N3O/c1-14-8-4-7(2-3-11)9(6-12)10(13)5-8/h4-5H,2,13H2,1H3. The molecule has 1 rings (SSSR count). The lowest BCUT2D eigenvalue weighted by molar-refractivity contribution is 0.414. The van der Waals surface area contributed by atoms with Gasteiger partial charge >= 0.3 is 0 Å². The van der Waals surface area contributed by atoms with Crippen LogP contribution in [0.3, 0.4) is 0 Å². The summed E-state index contributed by atoms with van der Waals surface area (Å²) < 4.78 is 4.98. The predicted molar refractivity (Wildman–Crippen MR) is 51.4 cm³/mol. The summed E-state index contributed by atoms with van der Waals surface area (Å²) in [5, 5.41) is 17.4. The van der Waals surface area contributed by atoms with Crippen LogP contribution in [0.25, 0.3) is 0 Å². The third-order valence-electron chi connectivity index (χ3n) is 1.84. The molecule has 4 nitrogen and oxygen atoms in total. The van der Waals surface area contributed by atoms with E-state index >= 15 is 0 Å². The quantitative estimate of drug-likeness (QED) is 0.705. The van der Waals surface area contributed by atoms with Gasteiger partial charge in [-0.3, -0.25) is 0 Å². The fourth-order valence-corrected chi connectivity index (χ4v) is 1.18. The van der Waals surface area contributed by atoms with Crippen LogP contribution in [-0.2, 0) is 6.42 Å². The van der Waals surface area contributed by atoms with E-state index in [-0.39, 0.29) is 6.42 Å². The van der Waals surface area contributed by atoms with Gasteiger partial charge in [0, 0.05) is 6.07 Å². The molecule has 0 heterocycles. The van der Waals surface area contributed by atoms with Crippen LogP contribution in [0.2, 0.25) is 0 Å². The number of nitrogens with two attached hydrogens (primary N) is 1. The summed E-state index contributed by atoms with van der Waals surface area (Å²) in [7, 11) is 1.51. The van der Waals surface area contributed by atoms with E-state index in [9.17, 15) is 0 Å². The molecule has 0 bridgehead atoms. The van der Waals surface area contributed by atoms with E-state index in [0.29, 0.717) is 22.6 Å². The Kier molecular flexibility index (Phi) is 2.93. The van der Waals surface area contributed by atoms with Crippen molar-refractivity contribution in [2.24, 2.45) is 0 Å². The molecule has 0 aliphatic rings. The highest BCUT2D eigenvalue weighted by Crippen LogP contribution is 2.24. The van der Waals surface area contributed by atoms with Crippen molar-refractivity contribution < 1.29 is 4.74 Å². The van der Waals surface area contributed by atoms with Gasteiger partial charge in [-0.2, -0.15) is 10.5 Å². The van der Waals surface area contributed by atoms with Crippen LogP contribution in [0, 0.1) is 22.7 Å². The van der Waals surface area contributed by atoms with Crippen molar-refractivity contribution >= 4 is 5.69 Å². The minimum Gasteiger partial charge on any atom is -0.497 e. The largest absolute Gasteiger partial charge is 0.497 e. The third kappa shape index (κ3) is 1.75. The number of nitrogen functional groups attached to an aromatic ring is 1. The fourth-order valence-electron chi connectivity index (χ4n) is 1.18. The maximum atomic E-state index is 8.81. The topological polar surface area (TPSA) is 82.8 Å². The molecular weight excluding hydrogens is 178 g/mol. The number of nitrogens with zero attached hydrogens (tertiary/aromatic N) is 2. The average molecular weight is 187 g/mol. The van der Waals surface area contributed by atoms with E-state index in [1.807, 2.05) is 12.1 Å². The second-order valence-corrected chi connectivity index (χ2v) is 2.70. The van der Waals surface area contributed by atoms with Crippen molar-refractivity contribution in [2.75, 3.05) is 12.8 Å². The Morgan fingerprint density at radius 1 is 1.43 bits per heavy atom. The molecule has 0 atom stereocenters. The molecule has 1 aromatic rings. The van der Waals surface area contributed by atoms with Gasteiger partial charge in [0.2, 0.25) is 0 Å². The first-order chi connectivity index (χ1) is 6.72. The Bertz CT molecular complexity index is 426. The predicted octanol–water partition coefficient (Wildman–Crippen LogP) is 1.22. The Morgan fingerprint density at radius 2 is 2.14 bits per heavy atom. The van der Waals surface area contributed by atoms with Crippen LogP contribution in [0.5, 0.6) is 5.75 Å².